The lowest BCUT2D eigenvalue weighted by molar-refractivity contribution is -0.384. The number of carbonyl (C=O) groups is 1. The monoisotopic (exact) mass is 451 g/mol. The molecule has 0 spiro atoms. The van der Waals surface area contributed by atoms with Crippen LogP contribution in [0.25, 0.3) is 11.3 Å². The summed E-state index contributed by atoms with van der Waals surface area (Å²) in [5.41, 5.74) is 1.89. The number of rotatable bonds is 7. The molecule has 1 amide bonds. The van der Waals surface area contributed by atoms with Gasteiger partial charge in [0, 0.05) is 30.9 Å². The molecule has 0 aliphatic carbocycles. The standard InChI is InChI=1S/C24H25N3O6/c1-32-22-9-5-16(13-20(22)23-10-7-18(15-28)33-23)25-24(29)19-14-17(27(30)31)6-8-21(19)26-11-3-2-4-12-26/h5-10,13-14,28H,2-4,11-12,15H2,1H3,(H,25,29). The van der Waals surface area contributed by atoms with Gasteiger partial charge >= 0.3 is 0 Å². The second-order valence-corrected chi connectivity index (χ2v) is 7.80. The topological polar surface area (TPSA) is 118 Å². The number of nitro benzene ring substituents is 1. The van der Waals surface area contributed by atoms with Gasteiger partial charge in [-0.05, 0) is 55.7 Å². The first-order chi connectivity index (χ1) is 16.0. The second kappa shape index (κ2) is 9.74. The number of carbonyl (C=O) groups excluding carboxylic acids is 1. The Hall–Kier alpha value is -3.85. The fraction of sp³-hybridized carbons (Fsp3) is 0.292. The third-order valence-corrected chi connectivity index (χ3v) is 5.67. The molecule has 172 valence electrons. The van der Waals surface area contributed by atoms with E-state index in [9.17, 15) is 20.0 Å². The summed E-state index contributed by atoms with van der Waals surface area (Å²) in [4.78, 5) is 26.2. The van der Waals surface area contributed by atoms with Gasteiger partial charge in [-0.15, -0.1) is 0 Å². The van der Waals surface area contributed by atoms with E-state index in [0.717, 1.165) is 32.4 Å². The molecular formula is C24H25N3O6. The van der Waals surface area contributed by atoms with E-state index in [1.807, 2.05) is 0 Å². The Morgan fingerprint density at radius 2 is 1.94 bits per heavy atom. The van der Waals surface area contributed by atoms with Crippen LogP contribution in [-0.2, 0) is 6.61 Å². The molecule has 0 bridgehead atoms. The van der Waals surface area contributed by atoms with Crippen molar-refractivity contribution < 1.29 is 24.0 Å². The van der Waals surface area contributed by atoms with Crippen LogP contribution in [0.1, 0.15) is 35.4 Å². The molecule has 0 atom stereocenters. The van der Waals surface area contributed by atoms with Crippen molar-refractivity contribution in [3.63, 3.8) is 0 Å². The SMILES string of the molecule is COc1ccc(NC(=O)c2cc([N+](=O)[O-])ccc2N2CCCCC2)cc1-c1ccc(CO)o1. The lowest BCUT2D eigenvalue weighted by Gasteiger charge is -2.30. The van der Waals surface area contributed by atoms with Gasteiger partial charge in [0.05, 0.1) is 28.8 Å². The first kappa shape index (κ1) is 22.3. The van der Waals surface area contributed by atoms with E-state index in [2.05, 4.69) is 10.2 Å². The van der Waals surface area contributed by atoms with Crippen molar-refractivity contribution in [1.29, 1.82) is 0 Å². The molecule has 0 saturated carbocycles. The van der Waals surface area contributed by atoms with E-state index in [4.69, 9.17) is 9.15 Å². The smallest absolute Gasteiger partial charge is 0.270 e. The van der Waals surface area contributed by atoms with Crippen LogP contribution in [0.2, 0.25) is 0 Å². The quantitative estimate of drug-likeness (QED) is 0.398. The Morgan fingerprint density at radius 1 is 1.15 bits per heavy atom. The number of methoxy groups -OCH3 is 1. The minimum absolute atomic E-state index is 0.136. The van der Waals surface area contributed by atoms with Gasteiger partial charge in [-0.1, -0.05) is 0 Å². The maximum Gasteiger partial charge on any atom is 0.270 e. The van der Waals surface area contributed by atoms with Crippen molar-refractivity contribution in [2.75, 3.05) is 30.4 Å². The van der Waals surface area contributed by atoms with Crippen molar-refractivity contribution in [3.8, 4) is 17.1 Å². The average Bonchev–Trinajstić information content (AvgIpc) is 3.33. The first-order valence-corrected chi connectivity index (χ1v) is 10.7. The molecule has 3 aromatic rings. The molecule has 1 fully saturated rings. The Bertz CT molecular complexity index is 1170. The second-order valence-electron chi connectivity index (χ2n) is 7.80. The number of ether oxygens (including phenoxy) is 1. The average molecular weight is 451 g/mol. The highest BCUT2D eigenvalue weighted by Gasteiger charge is 2.22. The number of aliphatic hydroxyl groups is 1. The fourth-order valence-corrected chi connectivity index (χ4v) is 4.01. The molecule has 9 nitrogen and oxygen atoms in total. The van der Waals surface area contributed by atoms with Gasteiger partial charge in [-0.2, -0.15) is 0 Å². The number of nitrogens with one attached hydrogen (secondary N) is 1. The summed E-state index contributed by atoms with van der Waals surface area (Å²) < 4.78 is 11.0. The zero-order valence-electron chi connectivity index (χ0n) is 18.2. The third kappa shape index (κ3) is 4.83. The number of hydrogen-bond donors (Lipinski definition) is 2. The molecule has 1 aliphatic heterocycles. The molecule has 1 aliphatic rings. The third-order valence-electron chi connectivity index (χ3n) is 5.67. The van der Waals surface area contributed by atoms with Gasteiger partial charge in [0.25, 0.3) is 11.6 Å². The number of nitro groups is 1. The highest BCUT2D eigenvalue weighted by Crippen LogP contribution is 2.35. The molecule has 2 aromatic carbocycles. The normalized spacial score (nSPS) is 13.6. The summed E-state index contributed by atoms with van der Waals surface area (Å²) >= 11 is 0. The number of anilines is 2. The number of hydrogen-bond acceptors (Lipinski definition) is 7. The van der Waals surface area contributed by atoms with E-state index in [1.165, 1.54) is 19.2 Å². The molecule has 1 aromatic heterocycles. The van der Waals surface area contributed by atoms with Crippen LogP contribution < -0.4 is 15.0 Å². The molecule has 0 unspecified atom stereocenters. The van der Waals surface area contributed by atoms with Crippen molar-refractivity contribution in [1.82, 2.24) is 0 Å². The zero-order valence-corrected chi connectivity index (χ0v) is 18.2. The number of furan rings is 1. The zero-order chi connectivity index (χ0) is 23.4. The van der Waals surface area contributed by atoms with Gasteiger partial charge in [0.15, 0.2) is 0 Å². The molecule has 0 radical (unpaired) electrons. The predicted molar refractivity (Wildman–Crippen MR) is 124 cm³/mol. The minimum atomic E-state index is -0.502. The van der Waals surface area contributed by atoms with Crippen LogP contribution in [0, 0.1) is 10.1 Å². The summed E-state index contributed by atoms with van der Waals surface area (Å²) in [7, 11) is 1.53. The molecule has 2 N–H and O–H groups in total. The van der Waals surface area contributed by atoms with E-state index < -0.39 is 10.8 Å². The summed E-state index contributed by atoms with van der Waals surface area (Å²) in [6.07, 6.45) is 3.15. The molecule has 2 heterocycles. The summed E-state index contributed by atoms with van der Waals surface area (Å²) in [5.74, 6) is 0.989. The van der Waals surface area contributed by atoms with Gasteiger partial charge in [-0.25, -0.2) is 0 Å². The van der Waals surface area contributed by atoms with E-state index >= 15 is 0 Å². The Labute approximate surface area is 190 Å². The van der Waals surface area contributed by atoms with Crippen molar-refractivity contribution in [2.24, 2.45) is 0 Å². The van der Waals surface area contributed by atoms with Gasteiger partial charge in [0.2, 0.25) is 0 Å². The summed E-state index contributed by atoms with van der Waals surface area (Å²) in [5, 5.41) is 23.5. The van der Waals surface area contributed by atoms with Gasteiger partial charge < -0.3 is 24.5 Å². The molecule has 4 rings (SSSR count). The van der Waals surface area contributed by atoms with Crippen molar-refractivity contribution in [3.05, 3.63) is 70.0 Å². The highest BCUT2D eigenvalue weighted by atomic mass is 16.6. The molecule has 33 heavy (non-hydrogen) atoms. The van der Waals surface area contributed by atoms with Crippen LogP contribution in [0.3, 0.4) is 0 Å². The number of benzene rings is 2. The Morgan fingerprint density at radius 3 is 2.61 bits per heavy atom. The highest BCUT2D eigenvalue weighted by molar-refractivity contribution is 6.09. The van der Waals surface area contributed by atoms with Crippen LogP contribution in [-0.4, -0.2) is 36.1 Å². The largest absolute Gasteiger partial charge is 0.496 e. The lowest BCUT2D eigenvalue weighted by atomic mass is 10.1. The van der Waals surface area contributed by atoms with Crippen LogP contribution in [0.5, 0.6) is 5.75 Å². The maximum atomic E-state index is 13.3. The summed E-state index contributed by atoms with van der Waals surface area (Å²) in [6, 6.07) is 12.9. The molecule has 1 saturated heterocycles. The van der Waals surface area contributed by atoms with E-state index in [1.54, 1.807) is 36.4 Å². The lowest BCUT2D eigenvalue weighted by Crippen LogP contribution is -2.31. The fourth-order valence-electron chi connectivity index (χ4n) is 4.01. The Balaban J connectivity index is 1.67. The number of non-ortho nitro benzene ring substituents is 1. The number of aliphatic hydroxyl groups excluding tert-OH is 1. The van der Waals surface area contributed by atoms with E-state index in [-0.39, 0.29) is 17.9 Å². The van der Waals surface area contributed by atoms with Crippen LogP contribution >= 0.6 is 0 Å². The first-order valence-electron chi connectivity index (χ1n) is 10.7. The summed E-state index contributed by atoms with van der Waals surface area (Å²) in [6.45, 7) is 1.37. The van der Waals surface area contributed by atoms with Crippen molar-refractivity contribution in [2.45, 2.75) is 25.9 Å². The van der Waals surface area contributed by atoms with Crippen LogP contribution in [0.15, 0.2) is 52.9 Å². The number of amides is 1. The van der Waals surface area contributed by atoms with Crippen molar-refractivity contribution >= 4 is 23.0 Å². The van der Waals surface area contributed by atoms with E-state index in [0.29, 0.717) is 34.2 Å². The van der Waals surface area contributed by atoms with Gasteiger partial charge in [0.1, 0.15) is 23.9 Å². The Kier molecular flexibility index (Phi) is 6.60. The van der Waals surface area contributed by atoms with Crippen LogP contribution in [0.4, 0.5) is 17.1 Å². The molecular weight excluding hydrogens is 426 g/mol. The molecule has 9 heteroatoms. The number of piperidine rings is 1. The maximum absolute atomic E-state index is 13.3. The minimum Gasteiger partial charge on any atom is -0.496 e. The van der Waals surface area contributed by atoms with Gasteiger partial charge in [-0.3, -0.25) is 14.9 Å². The predicted octanol–water partition coefficient (Wildman–Crippen LogP) is 4.60. The number of nitrogens with zero attached hydrogens (tertiary/aromatic N) is 2.